The molecule has 2 N–H and O–H groups in total. The molecule has 1 aliphatic heterocycles. The summed E-state index contributed by atoms with van der Waals surface area (Å²) in [6.07, 6.45) is 5.06. The Balaban J connectivity index is 1.49. The molecule has 144 valence electrons. The number of nitrogens with zero attached hydrogens (tertiary/aromatic N) is 3. The first-order valence-corrected chi connectivity index (χ1v) is 10.8. The fraction of sp³-hybridized carbons (Fsp3) is 0.316. The first-order valence-electron chi connectivity index (χ1n) is 9.17. The Hall–Kier alpha value is -2.23. The van der Waals surface area contributed by atoms with Crippen molar-refractivity contribution in [3.05, 3.63) is 60.1 Å². The third-order valence-electron chi connectivity index (χ3n) is 5.41. The van der Waals surface area contributed by atoms with Crippen LogP contribution in [0.1, 0.15) is 23.8 Å². The minimum atomic E-state index is -0.382. The molecule has 0 aromatic carbocycles. The lowest BCUT2D eigenvalue weighted by atomic mass is 10.0. The van der Waals surface area contributed by atoms with Crippen LogP contribution in [0.5, 0.6) is 0 Å². The van der Waals surface area contributed by atoms with Crippen LogP contribution in [0.25, 0.3) is 21.9 Å². The van der Waals surface area contributed by atoms with Gasteiger partial charge in [0.2, 0.25) is 0 Å². The van der Waals surface area contributed by atoms with Gasteiger partial charge < -0.3 is 4.98 Å². The van der Waals surface area contributed by atoms with E-state index >= 15 is 0 Å². The Kier molecular flexibility index (Phi) is 4.45. The van der Waals surface area contributed by atoms with E-state index in [4.69, 9.17) is 0 Å². The molecule has 7 nitrogen and oxygen atoms in total. The third kappa shape index (κ3) is 3.03. The molecular formula is C19H18BrN5O2S. The highest BCUT2D eigenvalue weighted by Crippen LogP contribution is 2.29. The van der Waals surface area contributed by atoms with Crippen molar-refractivity contribution in [3.8, 4) is 0 Å². The highest BCUT2D eigenvalue weighted by Gasteiger charge is 2.25. The number of H-pyrrole nitrogens is 2. The summed E-state index contributed by atoms with van der Waals surface area (Å²) < 4.78 is 2.92. The van der Waals surface area contributed by atoms with Crippen molar-refractivity contribution in [1.82, 2.24) is 24.4 Å². The second-order valence-electron chi connectivity index (χ2n) is 7.10. The number of likely N-dealkylation sites (tertiary alicyclic amines) is 1. The zero-order valence-electron chi connectivity index (χ0n) is 14.9. The summed E-state index contributed by atoms with van der Waals surface area (Å²) in [5.41, 5.74) is 0.645. The standard InChI is InChI=1S/C19H18BrN5O2S/c20-15-2-1-12(28-15)10-24-7-4-11(5-8-24)25-16-13-3-6-21-17(13)22-9-14(16)18(26)23-19(25)27/h1-3,6,9,11H,4-5,7-8,10H2,(H,21,22)(H,23,26,27). The van der Waals surface area contributed by atoms with Crippen LogP contribution < -0.4 is 11.2 Å². The lowest BCUT2D eigenvalue weighted by molar-refractivity contribution is 0.180. The number of piperidine rings is 1. The average Bonchev–Trinajstić information content (AvgIpc) is 3.31. The number of aromatic nitrogens is 4. The highest BCUT2D eigenvalue weighted by molar-refractivity contribution is 9.11. The zero-order chi connectivity index (χ0) is 19.3. The quantitative estimate of drug-likeness (QED) is 0.492. The molecule has 1 fully saturated rings. The number of thiophene rings is 1. The maximum atomic E-state index is 12.8. The van der Waals surface area contributed by atoms with Crippen molar-refractivity contribution < 1.29 is 0 Å². The van der Waals surface area contributed by atoms with Gasteiger partial charge in [0.1, 0.15) is 5.65 Å². The molecule has 0 aliphatic carbocycles. The van der Waals surface area contributed by atoms with Crippen LogP contribution in [0.15, 0.2) is 44.0 Å². The maximum absolute atomic E-state index is 12.8. The minimum absolute atomic E-state index is 0.0543. The number of aromatic amines is 2. The largest absolute Gasteiger partial charge is 0.346 e. The van der Waals surface area contributed by atoms with Gasteiger partial charge in [-0.15, -0.1) is 11.3 Å². The van der Waals surface area contributed by atoms with Gasteiger partial charge in [-0.05, 0) is 47.0 Å². The second kappa shape index (κ2) is 6.98. The van der Waals surface area contributed by atoms with Crippen molar-refractivity contribution in [1.29, 1.82) is 0 Å². The summed E-state index contributed by atoms with van der Waals surface area (Å²) in [6, 6.07) is 6.16. The third-order valence-corrected chi connectivity index (χ3v) is 7.02. The normalized spacial score (nSPS) is 16.3. The van der Waals surface area contributed by atoms with Gasteiger partial charge in [0.05, 0.1) is 14.7 Å². The summed E-state index contributed by atoms with van der Waals surface area (Å²) in [5.74, 6) is 0. The van der Waals surface area contributed by atoms with Crippen LogP contribution in [0, 0.1) is 0 Å². The Morgan fingerprint density at radius 2 is 2.00 bits per heavy atom. The molecule has 1 aliphatic rings. The zero-order valence-corrected chi connectivity index (χ0v) is 17.3. The van der Waals surface area contributed by atoms with Gasteiger partial charge in [-0.1, -0.05) is 0 Å². The second-order valence-corrected chi connectivity index (χ2v) is 9.65. The van der Waals surface area contributed by atoms with Gasteiger partial charge in [0, 0.05) is 48.3 Å². The van der Waals surface area contributed by atoms with E-state index in [-0.39, 0.29) is 17.3 Å². The molecule has 5 heterocycles. The molecule has 5 rings (SSSR count). The van der Waals surface area contributed by atoms with Crippen LogP contribution in [0.4, 0.5) is 0 Å². The number of pyridine rings is 1. The van der Waals surface area contributed by atoms with E-state index in [0.717, 1.165) is 41.6 Å². The molecule has 4 aromatic rings. The Bertz CT molecular complexity index is 1280. The van der Waals surface area contributed by atoms with E-state index in [1.165, 1.54) is 4.88 Å². The Morgan fingerprint density at radius 1 is 1.18 bits per heavy atom. The fourth-order valence-electron chi connectivity index (χ4n) is 4.09. The van der Waals surface area contributed by atoms with Crippen molar-refractivity contribution in [3.63, 3.8) is 0 Å². The summed E-state index contributed by atoms with van der Waals surface area (Å²) >= 11 is 5.27. The maximum Gasteiger partial charge on any atom is 0.329 e. The average molecular weight is 460 g/mol. The first kappa shape index (κ1) is 17.8. The lowest BCUT2D eigenvalue weighted by Crippen LogP contribution is -2.39. The number of halogens is 1. The van der Waals surface area contributed by atoms with Crippen molar-refractivity contribution >= 4 is 49.2 Å². The Labute approximate surface area is 172 Å². The van der Waals surface area contributed by atoms with Crippen LogP contribution in [0.3, 0.4) is 0 Å². The summed E-state index contributed by atoms with van der Waals surface area (Å²) in [6.45, 7) is 2.75. The van der Waals surface area contributed by atoms with E-state index in [9.17, 15) is 9.59 Å². The molecule has 0 unspecified atom stereocenters. The van der Waals surface area contributed by atoms with Crippen LogP contribution in [0.2, 0.25) is 0 Å². The monoisotopic (exact) mass is 459 g/mol. The number of hydrogen-bond donors (Lipinski definition) is 2. The molecule has 0 amide bonds. The molecule has 0 saturated carbocycles. The summed E-state index contributed by atoms with van der Waals surface area (Å²) in [7, 11) is 0. The molecule has 9 heteroatoms. The topological polar surface area (TPSA) is 86.8 Å². The van der Waals surface area contributed by atoms with E-state index in [1.54, 1.807) is 28.3 Å². The van der Waals surface area contributed by atoms with Crippen LogP contribution in [-0.4, -0.2) is 37.5 Å². The molecule has 0 spiro atoms. The number of rotatable bonds is 3. The van der Waals surface area contributed by atoms with E-state index < -0.39 is 0 Å². The minimum Gasteiger partial charge on any atom is -0.346 e. The number of hydrogen-bond acceptors (Lipinski definition) is 5. The van der Waals surface area contributed by atoms with Crippen LogP contribution >= 0.6 is 27.3 Å². The van der Waals surface area contributed by atoms with E-state index in [0.29, 0.717) is 16.6 Å². The molecule has 0 radical (unpaired) electrons. The van der Waals surface area contributed by atoms with Crippen molar-refractivity contribution in [2.45, 2.75) is 25.4 Å². The SMILES string of the molecule is O=c1[nH]c(=O)n(C2CCN(Cc3ccc(Br)s3)CC2)c2c1cnc1[nH]ccc12. The number of nitrogens with one attached hydrogen (secondary N) is 2. The fourth-order valence-corrected chi connectivity index (χ4v) is 5.61. The first-order chi connectivity index (χ1) is 13.6. The molecule has 28 heavy (non-hydrogen) atoms. The molecular weight excluding hydrogens is 442 g/mol. The van der Waals surface area contributed by atoms with E-state index in [1.807, 2.05) is 6.07 Å². The molecule has 0 atom stereocenters. The molecule has 0 bridgehead atoms. The predicted octanol–water partition coefficient (Wildman–Crippen LogP) is 3.23. The highest BCUT2D eigenvalue weighted by atomic mass is 79.9. The molecule has 1 saturated heterocycles. The van der Waals surface area contributed by atoms with Crippen molar-refractivity contribution in [2.75, 3.05) is 13.1 Å². The van der Waals surface area contributed by atoms with Crippen molar-refractivity contribution in [2.24, 2.45) is 0 Å². The number of fused-ring (bicyclic) bond motifs is 3. The predicted molar refractivity (Wildman–Crippen MR) is 114 cm³/mol. The van der Waals surface area contributed by atoms with Gasteiger partial charge in [0.25, 0.3) is 5.56 Å². The Morgan fingerprint density at radius 3 is 2.75 bits per heavy atom. The van der Waals surface area contributed by atoms with Crippen LogP contribution in [-0.2, 0) is 6.54 Å². The van der Waals surface area contributed by atoms with E-state index in [2.05, 4.69) is 47.9 Å². The summed E-state index contributed by atoms with van der Waals surface area (Å²) in [4.78, 5) is 38.7. The smallest absolute Gasteiger partial charge is 0.329 e. The van der Waals surface area contributed by atoms with Gasteiger partial charge in [0.15, 0.2) is 0 Å². The van der Waals surface area contributed by atoms with Gasteiger partial charge in [-0.25, -0.2) is 9.78 Å². The lowest BCUT2D eigenvalue weighted by Gasteiger charge is -2.33. The van der Waals surface area contributed by atoms with Gasteiger partial charge >= 0.3 is 5.69 Å². The summed E-state index contributed by atoms with van der Waals surface area (Å²) in [5, 5.41) is 1.27. The molecule has 4 aromatic heterocycles. The van der Waals surface area contributed by atoms with Gasteiger partial charge in [-0.2, -0.15) is 0 Å². The van der Waals surface area contributed by atoms with Gasteiger partial charge in [-0.3, -0.25) is 19.2 Å².